The Labute approximate surface area is 114 Å². The molecule has 0 spiro atoms. The van der Waals surface area contributed by atoms with Gasteiger partial charge in [0, 0.05) is 25.7 Å². The van der Waals surface area contributed by atoms with Gasteiger partial charge < -0.3 is 15.2 Å². The smallest absolute Gasteiger partial charge is 0.0931 e. The lowest BCUT2D eigenvalue weighted by Crippen LogP contribution is -2.31. The molecule has 19 heavy (non-hydrogen) atoms. The maximum Gasteiger partial charge on any atom is 0.0931 e. The van der Waals surface area contributed by atoms with Gasteiger partial charge in [0.05, 0.1) is 17.4 Å². The Morgan fingerprint density at radius 3 is 3.11 bits per heavy atom. The first-order valence-electron chi connectivity index (χ1n) is 7.15. The zero-order valence-electron chi connectivity index (χ0n) is 11.5. The maximum atomic E-state index is 4.24. The molecule has 0 radical (unpaired) electrons. The molecule has 102 valence electrons. The Bertz CT molecular complexity index is 530. The summed E-state index contributed by atoms with van der Waals surface area (Å²) in [4.78, 5) is 9.81. The zero-order chi connectivity index (χ0) is 13.1. The largest absolute Gasteiger partial charge is 0.345 e. The molecule has 1 aromatic carbocycles. The highest BCUT2D eigenvalue weighted by Crippen LogP contribution is 2.18. The Morgan fingerprint density at radius 2 is 2.26 bits per heavy atom. The minimum atomic E-state index is 0.816. The van der Waals surface area contributed by atoms with Crippen LogP contribution in [0.4, 0.5) is 0 Å². The number of aromatic nitrogens is 2. The van der Waals surface area contributed by atoms with Gasteiger partial charge in [-0.05, 0) is 44.0 Å². The summed E-state index contributed by atoms with van der Waals surface area (Å²) in [6.45, 7) is 3.34. The van der Waals surface area contributed by atoms with Crippen LogP contribution in [0.5, 0.6) is 0 Å². The van der Waals surface area contributed by atoms with Crippen LogP contribution in [0, 0.1) is 0 Å². The van der Waals surface area contributed by atoms with Gasteiger partial charge in [0.25, 0.3) is 0 Å². The molecule has 0 bridgehead atoms. The zero-order valence-corrected chi connectivity index (χ0v) is 11.5. The number of fused-ring (bicyclic) bond motifs is 1. The monoisotopic (exact) mass is 258 g/mol. The van der Waals surface area contributed by atoms with E-state index in [4.69, 9.17) is 0 Å². The number of nitrogens with zero attached hydrogens (tertiary/aromatic N) is 2. The second-order valence-corrected chi connectivity index (χ2v) is 5.54. The van der Waals surface area contributed by atoms with Gasteiger partial charge in [-0.1, -0.05) is 6.07 Å². The Morgan fingerprint density at radius 1 is 1.37 bits per heavy atom. The second-order valence-electron chi connectivity index (χ2n) is 5.54. The van der Waals surface area contributed by atoms with E-state index in [2.05, 4.69) is 45.4 Å². The lowest BCUT2D eigenvalue weighted by atomic mass is 10.1. The molecule has 2 aromatic rings. The molecule has 0 saturated heterocycles. The van der Waals surface area contributed by atoms with E-state index in [1.807, 2.05) is 0 Å². The number of H-pyrrole nitrogens is 1. The van der Waals surface area contributed by atoms with Crippen molar-refractivity contribution in [2.24, 2.45) is 0 Å². The number of hydrogen-bond donors (Lipinski definition) is 2. The SMILES string of the molecule is CN(CCNC1CC1)CCc1ccc2nc[nH]c2c1. The third kappa shape index (κ3) is 3.55. The van der Waals surface area contributed by atoms with Crippen LogP contribution in [0.3, 0.4) is 0 Å². The lowest BCUT2D eigenvalue weighted by Gasteiger charge is -2.16. The highest BCUT2D eigenvalue weighted by Gasteiger charge is 2.19. The summed E-state index contributed by atoms with van der Waals surface area (Å²) in [5.74, 6) is 0. The van der Waals surface area contributed by atoms with Gasteiger partial charge >= 0.3 is 0 Å². The Kier molecular flexibility index (Phi) is 3.80. The van der Waals surface area contributed by atoms with E-state index in [9.17, 15) is 0 Å². The molecule has 0 atom stereocenters. The van der Waals surface area contributed by atoms with E-state index < -0.39 is 0 Å². The van der Waals surface area contributed by atoms with Crippen LogP contribution in [-0.4, -0.2) is 47.6 Å². The van der Waals surface area contributed by atoms with Crippen molar-refractivity contribution in [3.63, 3.8) is 0 Å². The van der Waals surface area contributed by atoms with E-state index in [0.717, 1.165) is 43.1 Å². The number of benzene rings is 1. The molecule has 0 aliphatic heterocycles. The number of imidazole rings is 1. The van der Waals surface area contributed by atoms with Gasteiger partial charge in [0.2, 0.25) is 0 Å². The number of hydrogen-bond acceptors (Lipinski definition) is 3. The Balaban J connectivity index is 1.44. The van der Waals surface area contributed by atoms with Crippen molar-refractivity contribution >= 4 is 11.0 Å². The summed E-state index contributed by atoms with van der Waals surface area (Å²) in [5, 5.41) is 3.55. The molecule has 1 aliphatic carbocycles. The van der Waals surface area contributed by atoms with Gasteiger partial charge in [0.15, 0.2) is 0 Å². The molecule has 1 fully saturated rings. The molecule has 4 nitrogen and oxygen atoms in total. The molecule has 1 aliphatic rings. The minimum absolute atomic E-state index is 0.816. The van der Waals surface area contributed by atoms with Crippen LogP contribution in [0.2, 0.25) is 0 Å². The molecule has 0 unspecified atom stereocenters. The first-order valence-corrected chi connectivity index (χ1v) is 7.15. The van der Waals surface area contributed by atoms with Gasteiger partial charge in [-0.3, -0.25) is 0 Å². The highest BCUT2D eigenvalue weighted by molar-refractivity contribution is 5.75. The van der Waals surface area contributed by atoms with Crippen molar-refractivity contribution in [1.29, 1.82) is 0 Å². The standard InChI is InChI=1S/C15H22N4/c1-19(9-7-16-13-3-4-13)8-6-12-2-5-14-15(10-12)18-11-17-14/h2,5,10-11,13,16H,3-4,6-9H2,1H3,(H,17,18). The van der Waals surface area contributed by atoms with Gasteiger partial charge in [-0.25, -0.2) is 4.98 Å². The molecule has 4 heteroatoms. The molecular formula is C15H22N4. The summed E-state index contributed by atoms with van der Waals surface area (Å²) >= 11 is 0. The predicted molar refractivity (Wildman–Crippen MR) is 78.3 cm³/mol. The summed E-state index contributed by atoms with van der Waals surface area (Å²) in [5.41, 5.74) is 3.56. The van der Waals surface area contributed by atoms with Crippen LogP contribution in [-0.2, 0) is 6.42 Å². The van der Waals surface area contributed by atoms with Crippen LogP contribution in [0.1, 0.15) is 18.4 Å². The summed E-state index contributed by atoms with van der Waals surface area (Å²) in [6, 6.07) is 7.30. The van der Waals surface area contributed by atoms with Gasteiger partial charge in [-0.15, -0.1) is 0 Å². The van der Waals surface area contributed by atoms with Crippen LogP contribution >= 0.6 is 0 Å². The number of nitrogens with one attached hydrogen (secondary N) is 2. The number of aromatic amines is 1. The highest BCUT2D eigenvalue weighted by atomic mass is 15.1. The van der Waals surface area contributed by atoms with E-state index in [1.54, 1.807) is 6.33 Å². The molecule has 1 saturated carbocycles. The fraction of sp³-hybridized carbons (Fsp3) is 0.533. The quantitative estimate of drug-likeness (QED) is 0.796. The van der Waals surface area contributed by atoms with Crippen molar-refractivity contribution in [3.05, 3.63) is 30.1 Å². The summed E-state index contributed by atoms with van der Waals surface area (Å²) in [6.07, 6.45) is 5.58. The molecule has 1 aromatic heterocycles. The van der Waals surface area contributed by atoms with Crippen LogP contribution in [0.15, 0.2) is 24.5 Å². The minimum Gasteiger partial charge on any atom is -0.345 e. The number of likely N-dealkylation sites (N-methyl/N-ethyl adjacent to an activating group) is 1. The molecule has 1 heterocycles. The lowest BCUT2D eigenvalue weighted by molar-refractivity contribution is 0.335. The first kappa shape index (κ1) is 12.6. The first-order chi connectivity index (χ1) is 9.31. The van der Waals surface area contributed by atoms with E-state index in [-0.39, 0.29) is 0 Å². The van der Waals surface area contributed by atoms with Gasteiger partial charge in [-0.2, -0.15) is 0 Å². The molecular weight excluding hydrogens is 236 g/mol. The second kappa shape index (κ2) is 5.72. The van der Waals surface area contributed by atoms with Crippen molar-refractivity contribution in [2.45, 2.75) is 25.3 Å². The fourth-order valence-corrected chi connectivity index (χ4v) is 2.32. The fourth-order valence-electron chi connectivity index (χ4n) is 2.32. The van der Waals surface area contributed by atoms with Crippen molar-refractivity contribution in [2.75, 3.05) is 26.7 Å². The van der Waals surface area contributed by atoms with Crippen LogP contribution < -0.4 is 5.32 Å². The normalized spacial score (nSPS) is 15.5. The molecule has 2 N–H and O–H groups in total. The predicted octanol–water partition coefficient (Wildman–Crippen LogP) is 1.79. The van der Waals surface area contributed by atoms with Crippen molar-refractivity contribution in [3.8, 4) is 0 Å². The average Bonchev–Trinajstić information content (AvgIpc) is 3.12. The third-order valence-corrected chi connectivity index (χ3v) is 3.77. The topological polar surface area (TPSA) is 44.0 Å². The molecule has 3 rings (SSSR count). The third-order valence-electron chi connectivity index (χ3n) is 3.77. The average molecular weight is 258 g/mol. The summed E-state index contributed by atoms with van der Waals surface area (Å²) < 4.78 is 0. The van der Waals surface area contributed by atoms with E-state index in [1.165, 1.54) is 18.4 Å². The maximum absolute atomic E-state index is 4.24. The molecule has 0 amide bonds. The van der Waals surface area contributed by atoms with E-state index in [0.29, 0.717) is 0 Å². The van der Waals surface area contributed by atoms with E-state index >= 15 is 0 Å². The van der Waals surface area contributed by atoms with Crippen molar-refractivity contribution in [1.82, 2.24) is 20.2 Å². The Hall–Kier alpha value is -1.39. The van der Waals surface area contributed by atoms with Crippen LogP contribution in [0.25, 0.3) is 11.0 Å². The van der Waals surface area contributed by atoms with Crippen molar-refractivity contribution < 1.29 is 0 Å². The number of rotatable bonds is 7. The summed E-state index contributed by atoms with van der Waals surface area (Å²) in [7, 11) is 2.20. The van der Waals surface area contributed by atoms with Gasteiger partial charge in [0.1, 0.15) is 0 Å².